The molecular formula is C16H26. The number of hydrogen-bond donors (Lipinski definition) is 0. The molecule has 1 aliphatic carbocycles. The van der Waals surface area contributed by atoms with E-state index in [1.165, 1.54) is 24.0 Å². The first-order valence-electron chi connectivity index (χ1n) is 6.39. The van der Waals surface area contributed by atoms with Gasteiger partial charge in [-0.3, -0.25) is 0 Å². The van der Waals surface area contributed by atoms with Gasteiger partial charge in [0.25, 0.3) is 0 Å². The lowest BCUT2D eigenvalue weighted by Crippen LogP contribution is -2.09. The quantitative estimate of drug-likeness (QED) is 0.575. The third-order valence-electron chi connectivity index (χ3n) is 3.78. The second kappa shape index (κ2) is 5.03. The Kier molecular flexibility index (Phi) is 4.18. The SMILES string of the molecule is C=C(C=CC)C(=CC)C1CC(C)(C)CC1C. The van der Waals surface area contributed by atoms with E-state index in [-0.39, 0.29) is 0 Å². The summed E-state index contributed by atoms with van der Waals surface area (Å²) in [7, 11) is 0. The summed E-state index contributed by atoms with van der Waals surface area (Å²) >= 11 is 0. The normalized spacial score (nSPS) is 29.9. The fraction of sp³-hybridized carbons (Fsp3) is 0.625. The van der Waals surface area contributed by atoms with Crippen LogP contribution in [0.5, 0.6) is 0 Å². The highest BCUT2D eigenvalue weighted by atomic mass is 14.4. The van der Waals surface area contributed by atoms with Gasteiger partial charge in [0.1, 0.15) is 0 Å². The van der Waals surface area contributed by atoms with E-state index >= 15 is 0 Å². The molecule has 1 rings (SSSR count). The lowest BCUT2D eigenvalue weighted by Gasteiger charge is -2.21. The van der Waals surface area contributed by atoms with Crippen LogP contribution in [-0.4, -0.2) is 0 Å². The van der Waals surface area contributed by atoms with Crippen molar-refractivity contribution >= 4 is 0 Å². The van der Waals surface area contributed by atoms with Gasteiger partial charge >= 0.3 is 0 Å². The van der Waals surface area contributed by atoms with E-state index in [0.717, 1.165) is 5.92 Å². The highest BCUT2D eigenvalue weighted by molar-refractivity contribution is 5.39. The molecule has 16 heavy (non-hydrogen) atoms. The highest BCUT2D eigenvalue weighted by Crippen LogP contribution is 2.49. The van der Waals surface area contributed by atoms with Gasteiger partial charge in [-0.15, -0.1) is 0 Å². The van der Waals surface area contributed by atoms with Gasteiger partial charge in [-0.05, 0) is 55.1 Å². The molecule has 1 fully saturated rings. The first kappa shape index (κ1) is 13.3. The van der Waals surface area contributed by atoms with Gasteiger partial charge in [0.2, 0.25) is 0 Å². The second-order valence-electron chi connectivity index (χ2n) is 5.93. The van der Waals surface area contributed by atoms with Crippen molar-refractivity contribution in [2.75, 3.05) is 0 Å². The van der Waals surface area contributed by atoms with Gasteiger partial charge in [0.05, 0.1) is 0 Å². The lowest BCUT2D eigenvalue weighted by molar-refractivity contribution is 0.364. The van der Waals surface area contributed by atoms with E-state index in [0.29, 0.717) is 11.3 Å². The third-order valence-corrected chi connectivity index (χ3v) is 3.78. The summed E-state index contributed by atoms with van der Waals surface area (Å²) in [6.07, 6.45) is 9.09. The Balaban J connectivity index is 2.88. The number of rotatable bonds is 3. The van der Waals surface area contributed by atoms with Gasteiger partial charge in [-0.25, -0.2) is 0 Å². The Morgan fingerprint density at radius 3 is 2.25 bits per heavy atom. The molecular weight excluding hydrogens is 192 g/mol. The van der Waals surface area contributed by atoms with Gasteiger partial charge in [0.15, 0.2) is 0 Å². The van der Waals surface area contributed by atoms with Crippen LogP contribution >= 0.6 is 0 Å². The minimum atomic E-state index is 0.495. The predicted molar refractivity (Wildman–Crippen MR) is 73.4 cm³/mol. The van der Waals surface area contributed by atoms with E-state index in [2.05, 4.69) is 59.4 Å². The molecule has 1 aliphatic rings. The van der Waals surface area contributed by atoms with Gasteiger partial charge in [-0.1, -0.05) is 45.6 Å². The largest absolute Gasteiger partial charge is 0.0915 e. The predicted octanol–water partition coefficient (Wildman–Crippen LogP) is 5.14. The van der Waals surface area contributed by atoms with Crippen LogP contribution < -0.4 is 0 Å². The minimum absolute atomic E-state index is 0.495. The molecule has 1 saturated carbocycles. The Morgan fingerprint density at radius 1 is 1.25 bits per heavy atom. The summed E-state index contributed by atoms with van der Waals surface area (Å²) in [5.41, 5.74) is 3.14. The molecule has 0 aromatic rings. The molecule has 0 bridgehead atoms. The van der Waals surface area contributed by atoms with Crippen molar-refractivity contribution in [1.29, 1.82) is 0 Å². The maximum atomic E-state index is 4.19. The van der Waals surface area contributed by atoms with Gasteiger partial charge in [-0.2, -0.15) is 0 Å². The molecule has 0 radical (unpaired) electrons. The zero-order chi connectivity index (χ0) is 12.3. The molecule has 0 spiro atoms. The Morgan fingerprint density at radius 2 is 1.88 bits per heavy atom. The van der Waals surface area contributed by atoms with Crippen LogP contribution in [0.1, 0.15) is 47.5 Å². The number of allylic oxidation sites excluding steroid dienone is 5. The van der Waals surface area contributed by atoms with E-state index < -0.39 is 0 Å². The van der Waals surface area contributed by atoms with Crippen LogP contribution in [0.25, 0.3) is 0 Å². The monoisotopic (exact) mass is 218 g/mol. The van der Waals surface area contributed by atoms with Crippen LogP contribution in [0.2, 0.25) is 0 Å². The maximum Gasteiger partial charge on any atom is -0.0129 e. The molecule has 0 heteroatoms. The summed E-state index contributed by atoms with van der Waals surface area (Å²) in [6.45, 7) is 15.5. The minimum Gasteiger partial charge on any atom is -0.0915 e. The van der Waals surface area contributed by atoms with Crippen molar-refractivity contribution in [3.8, 4) is 0 Å². The first-order valence-corrected chi connectivity index (χ1v) is 6.39. The summed E-state index contributed by atoms with van der Waals surface area (Å²) in [6, 6.07) is 0. The fourth-order valence-corrected chi connectivity index (χ4v) is 3.25. The van der Waals surface area contributed by atoms with Gasteiger partial charge in [0, 0.05) is 0 Å². The summed E-state index contributed by atoms with van der Waals surface area (Å²) < 4.78 is 0. The molecule has 90 valence electrons. The average Bonchev–Trinajstić information content (AvgIpc) is 2.42. The molecule has 0 aliphatic heterocycles. The van der Waals surface area contributed by atoms with Crippen molar-refractivity contribution in [3.05, 3.63) is 36.0 Å². The zero-order valence-corrected chi connectivity index (χ0v) is 11.5. The molecule has 0 saturated heterocycles. The van der Waals surface area contributed by atoms with Crippen molar-refractivity contribution in [2.24, 2.45) is 17.3 Å². The maximum absolute atomic E-state index is 4.19. The number of hydrogen-bond acceptors (Lipinski definition) is 0. The van der Waals surface area contributed by atoms with Crippen molar-refractivity contribution in [2.45, 2.75) is 47.5 Å². The van der Waals surface area contributed by atoms with Crippen LogP contribution in [-0.2, 0) is 0 Å². The first-order chi connectivity index (χ1) is 7.41. The molecule has 0 aromatic heterocycles. The Labute approximate surface area is 101 Å². The van der Waals surface area contributed by atoms with Crippen LogP contribution in [0, 0.1) is 17.3 Å². The summed E-state index contributed by atoms with van der Waals surface area (Å²) in [5.74, 6) is 1.48. The molecule has 0 nitrogen and oxygen atoms in total. The fourth-order valence-electron chi connectivity index (χ4n) is 3.25. The standard InChI is InChI=1S/C16H26/c1-7-9-12(3)14(8-2)15-11-16(5,6)10-13(15)4/h7-9,13,15H,3,10-11H2,1-2,4-6H3. The lowest BCUT2D eigenvalue weighted by atomic mass is 9.84. The average molecular weight is 218 g/mol. The Bertz CT molecular complexity index is 315. The van der Waals surface area contributed by atoms with E-state index in [4.69, 9.17) is 0 Å². The molecule has 2 atom stereocenters. The molecule has 0 N–H and O–H groups in total. The van der Waals surface area contributed by atoms with Crippen LogP contribution in [0.15, 0.2) is 36.0 Å². The van der Waals surface area contributed by atoms with E-state index in [9.17, 15) is 0 Å². The van der Waals surface area contributed by atoms with Crippen molar-refractivity contribution in [1.82, 2.24) is 0 Å². The zero-order valence-electron chi connectivity index (χ0n) is 11.5. The second-order valence-corrected chi connectivity index (χ2v) is 5.93. The summed E-state index contributed by atoms with van der Waals surface area (Å²) in [5, 5.41) is 0. The molecule has 0 aromatic carbocycles. The van der Waals surface area contributed by atoms with Crippen molar-refractivity contribution < 1.29 is 0 Å². The van der Waals surface area contributed by atoms with Crippen molar-refractivity contribution in [3.63, 3.8) is 0 Å². The Hall–Kier alpha value is -0.780. The summed E-state index contributed by atoms with van der Waals surface area (Å²) in [4.78, 5) is 0. The van der Waals surface area contributed by atoms with E-state index in [1.807, 2.05) is 0 Å². The highest BCUT2D eigenvalue weighted by Gasteiger charge is 2.38. The van der Waals surface area contributed by atoms with Crippen LogP contribution in [0.4, 0.5) is 0 Å². The van der Waals surface area contributed by atoms with Gasteiger partial charge < -0.3 is 0 Å². The topological polar surface area (TPSA) is 0 Å². The molecule has 2 unspecified atom stereocenters. The van der Waals surface area contributed by atoms with E-state index in [1.54, 1.807) is 0 Å². The molecule has 0 amide bonds. The van der Waals surface area contributed by atoms with Crippen LogP contribution in [0.3, 0.4) is 0 Å². The molecule has 0 heterocycles. The third kappa shape index (κ3) is 2.87. The smallest absolute Gasteiger partial charge is 0.0129 e.